The zero-order chi connectivity index (χ0) is 17.6. The normalized spacial score (nSPS) is 17.1. The van der Waals surface area contributed by atoms with E-state index in [2.05, 4.69) is 42.4 Å². The fraction of sp³-hybridized carbons (Fsp3) is 0.444. The smallest absolute Gasteiger partial charge is 0.193 e. The minimum Gasteiger partial charge on any atom is -0.492 e. The molecule has 1 N–H and O–H groups in total. The molecule has 1 aromatic heterocycles. The first kappa shape index (κ1) is 21.0. The van der Waals surface area contributed by atoms with E-state index in [0.717, 1.165) is 42.2 Å². The fourth-order valence-corrected chi connectivity index (χ4v) is 3.33. The summed E-state index contributed by atoms with van der Waals surface area (Å²) in [5, 5.41) is 7.67. The van der Waals surface area contributed by atoms with Crippen LogP contribution in [0.2, 0.25) is 0 Å². The fourth-order valence-electron chi connectivity index (χ4n) is 3.07. The number of aromatic nitrogens is 2. The molecule has 8 heteroatoms. The third kappa shape index (κ3) is 5.60. The van der Waals surface area contributed by atoms with Crippen LogP contribution in [0.25, 0.3) is 0 Å². The van der Waals surface area contributed by atoms with Gasteiger partial charge in [0.2, 0.25) is 0 Å². The minimum absolute atomic E-state index is 0. The van der Waals surface area contributed by atoms with Gasteiger partial charge in [-0.2, -0.15) is 5.10 Å². The van der Waals surface area contributed by atoms with Gasteiger partial charge in [-0.05, 0) is 36.2 Å². The number of hydrogen-bond donors (Lipinski definition) is 1. The Hall–Kier alpha value is -1.29. The molecule has 0 amide bonds. The second kappa shape index (κ2) is 10.1. The molecule has 3 rings (SSSR count). The number of aryl methyl sites for hydroxylation is 1. The molecule has 0 radical (unpaired) electrons. The van der Waals surface area contributed by atoms with Crippen LogP contribution >= 0.6 is 39.9 Å². The summed E-state index contributed by atoms with van der Waals surface area (Å²) in [6, 6.07) is 7.87. The van der Waals surface area contributed by atoms with Crippen molar-refractivity contribution in [2.45, 2.75) is 12.3 Å². The highest BCUT2D eigenvalue weighted by molar-refractivity contribution is 14.0. The summed E-state index contributed by atoms with van der Waals surface area (Å²) < 4.78 is 8.66. The third-order valence-electron chi connectivity index (χ3n) is 4.36. The van der Waals surface area contributed by atoms with E-state index >= 15 is 0 Å². The number of aliphatic imine (C=N–C) groups is 1. The molecule has 0 spiro atoms. The average molecular weight is 534 g/mol. The van der Waals surface area contributed by atoms with Gasteiger partial charge >= 0.3 is 0 Å². The predicted octanol–water partition coefficient (Wildman–Crippen LogP) is 3.24. The highest BCUT2D eigenvalue weighted by atomic mass is 127. The Balaban J connectivity index is 0.00000243. The van der Waals surface area contributed by atoms with Crippen LogP contribution in [0.15, 0.2) is 46.1 Å². The number of nitrogens with zero attached hydrogens (tertiary/aromatic N) is 4. The zero-order valence-electron chi connectivity index (χ0n) is 15.1. The van der Waals surface area contributed by atoms with E-state index in [4.69, 9.17) is 4.74 Å². The molecule has 1 aliphatic rings. The molecule has 1 fully saturated rings. The van der Waals surface area contributed by atoms with Crippen molar-refractivity contribution >= 4 is 45.9 Å². The van der Waals surface area contributed by atoms with Crippen molar-refractivity contribution in [2.75, 3.05) is 33.3 Å². The van der Waals surface area contributed by atoms with Gasteiger partial charge in [0.05, 0.1) is 12.7 Å². The second-order valence-electron chi connectivity index (χ2n) is 6.16. The lowest BCUT2D eigenvalue weighted by molar-refractivity contribution is 0.319. The van der Waals surface area contributed by atoms with Crippen LogP contribution in [-0.2, 0) is 7.05 Å². The summed E-state index contributed by atoms with van der Waals surface area (Å²) in [5.41, 5.74) is 1.30. The van der Waals surface area contributed by atoms with Crippen molar-refractivity contribution in [3.8, 4) is 5.75 Å². The number of rotatable bonds is 5. The molecule has 142 valence electrons. The van der Waals surface area contributed by atoms with Crippen LogP contribution in [0, 0.1) is 0 Å². The summed E-state index contributed by atoms with van der Waals surface area (Å²) in [6.07, 6.45) is 5.20. The molecule has 26 heavy (non-hydrogen) atoms. The van der Waals surface area contributed by atoms with Gasteiger partial charge in [-0.15, -0.1) is 24.0 Å². The van der Waals surface area contributed by atoms with E-state index in [1.165, 1.54) is 5.56 Å². The van der Waals surface area contributed by atoms with Crippen molar-refractivity contribution < 1.29 is 4.74 Å². The first-order valence-electron chi connectivity index (χ1n) is 8.48. The van der Waals surface area contributed by atoms with Crippen molar-refractivity contribution in [3.05, 3.63) is 46.7 Å². The monoisotopic (exact) mass is 533 g/mol. The molecule has 1 atom stereocenters. The van der Waals surface area contributed by atoms with Crippen LogP contribution in [0.5, 0.6) is 5.75 Å². The molecular weight excluding hydrogens is 509 g/mol. The van der Waals surface area contributed by atoms with Gasteiger partial charge in [-0.3, -0.25) is 9.67 Å². The maximum absolute atomic E-state index is 5.74. The first-order valence-corrected chi connectivity index (χ1v) is 9.27. The summed E-state index contributed by atoms with van der Waals surface area (Å²) in [5.74, 6) is 2.33. The summed E-state index contributed by atoms with van der Waals surface area (Å²) >= 11 is 3.42. The van der Waals surface area contributed by atoms with Gasteiger partial charge < -0.3 is 15.0 Å². The maximum atomic E-state index is 5.74. The van der Waals surface area contributed by atoms with Crippen molar-refractivity contribution in [3.63, 3.8) is 0 Å². The number of guanidine groups is 1. The van der Waals surface area contributed by atoms with Gasteiger partial charge in [0.15, 0.2) is 5.96 Å². The molecule has 1 aliphatic heterocycles. The van der Waals surface area contributed by atoms with E-state index < -0.39 is 0 Å². The third-order valence-corrected chi connectivity index (χ3v) is 4.89. The van der Waals surface area contributed by atoms with Crippen LogP contribution in [-0.4, -0.2) is 53.9 Å². The highest BCUT2D eigenvalue weighted by Crippen LogP contribution is 2.26. The van der Waals surface area contributed by atoms with E-state index in [-0.39, 0.29) is 24.0 Å². The zero-order valence-corrected chi connectivity index (χ0v) is 19.0. The largest absolute Gasteiger partial charge is 0.492 e. The number of nitrogens with one attached hydrogen (secondary N) is 1. The van der Waals surface area contributed by atoms with E-state index in [0.29, 0.717) is 12.5 Å². The van der Waals surface area contributed by atoms with Crippen LogP contribution < -0.4 is 10.1 Å². The predicted molar refractivity (Wildman–Crippen MR) is 119 cm³/mol. The van der Waals surface area contributed by atoms with E-state index in [9.17, 15) is 0 Å². The van der Waals surface area contributed by atoms with Crippen LogP contribution in [0.4, 0.5) is 0 Å². The molecule has 2 heterocycles. The minimum atomic E-state index is 0. The van der Waals surface area contributed by atoms with Crippen molar-refractivity contribution in [2.24, 2.45) is 12.0 Å². The summed E-state index contributed by atoms with van der Waals surface area (Å²) in [4.78, 5) is 6.71. The number of halogens is 2. The molecule has 6 nitrogen and oxygen atoms in total. The van der Waals surface area contributed by atoms with E-state index in [1.807, 2.05) is 49.2 Å². The number of benzene rings is 1. The first-order chi connectivity index (χ1) is 12.2. The van der Waals surface area contributed by atoms with Crippen LogP contribution in [0.1, 0.15) is 17.9 Å². The van der Waals surface area contributed by atoms with Crippen LogP contribution in [0.3, 0.4) is 0 Å². The average Bonchev–Trinajstić information content (AvgIpc) is 3.25. The summed E-state index contributed by atoms with van der Waals surface area (Å²) in [7, 11) is 3.79. The van der Waals surface area contributed by atoms with Gasteiger partial charge in [0.1, 0.15) is 12.4 Å². The lowest BCUT2D eigenvalue weighted by atomic mass is 10.0. The molecular formula is C18H25BrIN5O. The molecule has 1 saturated heterocycles. The standard InChI is InChI=1S/C18H24BrN5O.HI/c1-20-18(21-8-10-25-17-5-3-16(19)4-6-17)24-9-7-14(13-24)15-11-22-23(2)12-15;/h3-6,11-12,14H,7-10,13H2,1-2H3,(H,20,21);1H. The topological polar surface area (TPSA) is 54.7 Å². The number of ether oxygens (including phenoxy) is 1. The lowest BCUT2D eigenvalue weighted by Crippen LogP contribution is -2.41. The Labute approximate surface area is 180 Å². The maximum Gasteiger partial charge on any atom is 0.193 e. The number of likely N-dealkylation sites (tertiary alicyclic amines) is 1. The Morgan fingerprint density at radius 2 is 2.15 bits per heavy atom. The second-order valence-corrected chi connectivity index (χ2v) is 7.07. The Bertz CT molecular complexity index is 719. The molecule has 0 bridgehead atoms. The molecule has 0 aliphatic carbocycles. The quantitative estimate of drug-likeness (QED) is 0.277. The highest BCUT2D eigenvalue weighted by Gasteiger charge is 2.26. The summed E-state index contributed by atoms with van der Waals surface area (Å²) in [6.45, 7) is 3.29. The van der Waals surface area contributed by atoms with Gasteiger partial charge in [0.25, 0.3) is 0 Å². The SMILES string of the molecule is CN=C(NCCOc1ccc(Br)cc1)N1CCC(c2cnn(C)c2)C1.I. The molecule has 0 saturated carbocycles. The Morgan fingerprint density at radius 3 is 2.81 bits per heavy atom. The lowest BCUT2D eigenvalue weighted by Gasteiger charge is -2.21. The number of hydrogen-bond acceptors (Lipinski definition) is 3. The van der Waals surface area contributed by atoms with Crippen molar-refractivity contribution in [1.82, 2.24) is 20.0 Å². The van der Waals surface area contributed by atoms with Gasteiger partial charge in [-0.1, -0.05) is 15.9 Å². The van der Waals surface area contributed by atoms with E-state index in [1.54, 1.807) is 0 Å². The molecule has 1 unspecified atom stereocenters. The van der Waals surface area contributed by atoms with Gasteiger partial charge in [-0.25, -0.2) is 0 Å². The molecule has 1 aromatic carbocycles. The van der Waals surface area contributed by atoms with Gasteiger partial charge in [0, 0.05) is 43.8 Å². The Kier molecular flexibility index (Phi) is 8.20. The molecule has 2 aromatic rings. The Morgan fingerprint density at radius 1 is 1.38 bits per heavy atom. The van der Waals surface area contributed by atoms with Crippen molar-refractivity contribution in [1.29, 1.82) is 0 Å².